The van der Waals surface area contributed by atoms with E-state index in [2.05, 4.69) is 43.0 Å². The van der Waals surface area contributed by atoms with Crippen LogP contribution in [0.2, 0.25) is 0 Å². The third-order valence-electron chi connectivity index (χ3n) is 4.18. The van der Waals surface area contributed by atoms with Crippen LogP contribution >= 0.6 is 0 Å². The lowest BCUT2D eigenvalue weighted by atomic mass is 9.93. The van der Waals surface area contributed by atoms with E-state index in [-0.39, 0.29) is 5.54 Å². The molecule has 1 unspecified atom stereocenters. The fourth-order valence-corrected chi connectivity index (χ4v) is 2.72. The number of rotatable bonds is 10. The summed E-state index contributed by atoms with van der Waals surface area (Å²) in [4.78, 5) is 0. The molecule has 1 aliphatic heterocycles. The summed E-state index contributed by atoms with van der Waals surface area (Å²) in [6.07, 6.45) is 10.5. The van der Waals surface area contributed by atoms with Crippen LogP contribution in [0.1, 0.15) is 79.1 Å². The average molecular weight is 267 g/mol. The third kappa shape index (κ3) is 5.92. The molecule has 0 fully saturated rings. The quantitative estimate of drug-likeness (QED) is 0.498. The summed E-state index contributed by atoms with van der Waals surface area (Å²) in [7, 11) is 0. The summed E-state index contributed by atoms with van der Waals surface area (Å²) in [5.74, 6) is 0.845. The average Bonchev–Trinajstić information content (AvgIpc) is 2.71. The molecule has 0 saturated heterocycles. The number of hydrogen-bond acceptors (Lipinski definition) is 3. The Balaban J connectivity index is 2.22. The topological polar surface area (TPSA) is 28.0 Å². The van der Waals surface area contributed by atoms with Crippen LogP contribution in [0.15, 0.2) is 10.3 Å². The summed E-state index contributed by atoms with van der Waals surface area (Å²) in [5.41, 5.74) is 0.200. The zero-order valence-corrected chi connectivity index (χ0v) is 13.5. The maximum absolute atomic E-state index is 4.35. The molecule has 112 valence electrons. The molecule has 3 heteroatoms. The molecule has 19 heavy (non-hydrogen) atoms. The van der Waals surface area contributed by atoms with Crippen molar-refractivity contribution in [2.24, 2.45) is 16.3 Å². The van der Waals surface area contributed by atoms with E-state index in [4.69, 9.17) is 0 Å². The maximum atomic E-state index is 4.35. The summed E-state index contributed by atoms with van der Waals surface area (Å²) in [5, 5.41) is 10.9. The Morgan fingerprint density at radius 2 is 1.89 bits per heavy atom. The van der Waals surface area contributed by atoms with Gasteiger partial charge >= 0.3 is 0 Å². The molecule has 0 N–H and O–H groups in total. The largest absolute Gasteiger partial charge is 0.271 e. The molecule has 0 spiro atoms. The van der Waals surface area contributed by atoms with Crippen LogP contribution in [-0.2, 0) is 0 Å². The van der Waals surface area contributed by atoms with Gasteiger partial charge in [0.2, 0.25) is 0 Å². The fourth-order valence-electron chi connectivity index (χ4n) is 2.72. The minimum atomic E-state index is 0.200. The fraction of sp³-hybridized carbons (Fsp3) is 1.00. The van der Waals surface area contributed by atoms with Gasteiger partial charge in [-0.25, -0.2) is 0 Å². The number of hydrogen-bond donors (Lipinski definition) is 0. The smallest absolute Gasteiger partial charge is 0.0866 e. The van der Waals surface area contributed by atoms with Gasteiger partial charge in [0.25, 0.3) is 0 Å². The van der Waals surface area contributed by atoms with Crippen LogP contribution in [0.5, 0.6) is 0 Å². The van der Waals surface area contributed by atoms with Gasteiger partial charge in [-0.05, 0) is 25.7 Å². The monoisotopic (exact) mass is 267 g/mol. The Morgan fingerprint density at radius 3 is 2.58 bits per heavy atom. The summed E-state index contributed by atoms with van der Waals surface area (Å²) in [6.45, 7) is 11.2. The van der Waals surface area contributed by atoms with E-state index in [0.29, 0.717) is 0 Å². The Morgan fingerprint density at radius 1 is 1.11 bits per heavy atom. The van der Waals surface area contributed by atoms with E-state index in [1.54, 1.807) is 0 Å². The molecule has 1 atom stereocenters. The predicted molar refractivity (Wildman–Crippen MR) is 82.3 cm³/mol. The van der Waals surface area contributed by atoms with E-state index < -0.39 is 0 Å². The Hall–Kier alpha value is -0.600. The standard InChI is InChI=1S/C16H33N3/c1-5-6-10-13-19-16(4,14-17-18-19)12-9-7-8-11-15(2)3/h15H,5-14H2,1-4H3. The third-order valence-corrected chi connectivity index (χ3v) is 4.18. The minimum absolute atomic E-state index is 0.200. The Bertz CT molecular complexity index is 263. The van der Waals surface area contributed by atoms with Gasteiger partial charge in [0.05, 0.1) is 12.1 Å². The van der Waals surface area contributed by atoms with Crippen molar-refractivity contribution in [3.05, 3.63) is 0 Å². The molecule has 0 radical (unpaired) electrons. The second-order valence-corrected chi connectivity index (χ2v) is 6.71. The van der Waals surface area contributed by atoms with Crippen LogP contribution in [0.4, 0.5) is 0 Å². The minimum Gasteiger partial charge on any atom is -0.271 e. The van der Waals surface area contributed by atoms with E-state index in [1.165, 1.54) is 51.4 Å². The van der Waals surface area contributed by atoms with Gasteiger partial charge in [0.1, 0.15) is 0 Å². The molecule has 3 nitrogen and oxygen atoms in total. The second kappa shape index (κ2) is 8.55. The van der Waals surface area contributed by atoms with Crippen molar-refractivity contribution in [2.75, 3.05) is 13.1 Å². The SMILES string of the molecule is CCCCCN1N=NCC1(C)CCCCCC(C)C. The predicted octanol–water partition coefficient (Wildman–Crippen LogP) is 5.22. The van der Waals surface area contributed by atoms with E-state index >= 15 is 0 Å². The maximum Gasteiger partial charge on any atom is 0.0866 e. The van der Waals surface area contributed by atoms with Crippen molar-refractivity contribution in [1.82, 2.24) is 5.01 Å². The van der Waals surface area contributed by atoms with Crippen molar-refractivity contribution < 1.29 is 0 Å². The van der Waals surface area contributed by atoms with Gasteiger partial charge < -0.3 is 0 Å². The molecule has 0 amide bonds. The molecule has 0 aromatic carbocycles. The molecule has 0 aromatic heterocycles. The van der Waals surface area contributed by atoms with Crippen molar-refractivity contribution in [3.8, 4) is 0 Å². The van der Waals surface area contributed by atoms with Crippen molar-refractivity contribution in [1.29, 1.82) is 0 Å². The van der Waals surface area contributed by atoms with Crippen molar-refractivity contribution in [3.63, 3.8) is 0 Å². The van der Waals surface area contributed by atoms with Gasteiger partial charge in [0, 0.05) is 6.54 Å². The lowest BCUT2D eigenvalue weighted by molar-refractivity contribution is 0.128. The molecule has 0 bridgehead atoms. The lowest BCUT2D eigenvalue weighted by Crippen LogP contribution is -2.42. The van der Waals surface area contributed by atoms with Crippen LogP contribution < -0.4 is 0 Å². The van der Waals surface area contributed by atoms with Crippen LogP contribution in [-0.4, -0.2) is 23.6 Å². The molecular weight excluding hydrogens is 234 g/mol. The Labute approximate surface area is 119 Å². The zero-order valence-electron chi connectivity index (χ0n) is 13.5. The molecule has 0 saturated carbocycles. The first-order chi connectivity index (χ1) is 9.08. The summed E-state index contributed by atoms with van der Waals surface area (Å²) >= 11 is 0. The first kappa shape index (κ1) is 16.5. The molecule has 0 aliphatic carbocycles. The lowest BCUT2D eigenvalue weighted by Gasteiger charge is -2.32. The first-order valence-corrected chi connectivity index (χ1v) is 8.23. The highest BCUT2D eigenvalue weighted by molar-refractivity contribution is 4.89. The van der Waals surface area contributed by atoms with E-state index in [1.807, 2.05) is 0 Å². The second-order valence-electron chi connectivity index (χ2n) is 6.71. The van der Waals surface area contributed by atoms with E-state index in [9.17, 15) is 0 Å². The van der Waals surface area contributed by atoms with Crippen LogP contribution in [0, 0.1) is 5.92 Å². The highest BCUT2D eigenvalue weighted by Gasteiger charge is 2.34. The normalized spacial score (nSPS) is 22.7. The van der Waals surface area contributed by atoms with Gasteiger partial charge in [0.15, 0.2) is 0 Å². The Kier molecular flexibility index (Phi) is 7.40. The summed E-state index contributed by atoms with van der Waals surface area (Å²) < 4.78 is 0. The van der Waals surface area contributed by atoms with Gasteiger partial charge in [-0.15, -0.1) is 0 Å². The van der Waals surface area contributed by atoms with Crippen LogP contribution in [0.25, 0.3) is 0 Å². The van der Waals surface area contributed by atoms with Crippen molar-refractivity contribution in [2.45, 2.75) is 84.6 Å². The number of unbranched alkanes of at least 4 members (excludes halogenated alkanes) is 4. The van der Waals surface area contributed by atoms with Crippen LogP contribution in [0.3, 0.4) is 0 Å². The highest BCUT2D eigenvalue weighted by atomic mass is 15.6. The van der Waals surface area contributed by atoms with Gasteiger partial charge in [-0.1, -0.05) is 64.5 Å². The van der Waals surface area contributed by atoms with E-state index in [0.717, 1.165) is 19.0 Å². The first-order valence-electron chi connectivity index (χ1n) is 8.23. The highest BCUT2D eigenvalue weighted by Crippen LogP contribution is 2.29. The van der Waals surface area contributed by atoms with Gasteiger partial charge in [-0.3, -0.25) is 5.01 Å². The number of nitrogens with zero attached hydrogens (tertiary/aromatic N) is 3. The molecule has 1 heterocycles. The molecule has 0 aromatic rings. The molecular formula is C16H33N3. The molecule has 1 aliphatic rings. The molecule has 1 rings (SSSR count). The van der Waals surface area contributed by atoms with Gasteiger partial charge in [-0.2, -0.15) is 5.11 Å². The van der Waals surface area contributed by atoms with Crippen molar-refractivity contribution >= 4 is 0 Å². The summed E-state index contributed by atoms with van der Waals surface area (Å²) in [6, 6.07) is 0. The zero-order chi connectivity index (χ0) is 14.1.